The molecule has 0 spiro atoms. The van der Waals surface area contributed by atoms with Crippen molar-refractivity contribution in [2.45, 2.75) is 32.9 Å². The van der Waals surface area contributed by atoms with Crippen molar-refractivity contribution in [2.24, 2.45) is 7.05 Å². The molecule has 5 nitrogen and oxygen atoms in total. The van der Waals surface area contributed by atoms with Crippen LogP contribution in [0.5, 0.6) is 0 Å². The lowest BCUT2D eigenvalue weighted by molar-refractivity contribution is 0.0659. The number of benzene rings is 1. The first-order chi connectivity index (χ1) is 11.0. The number of nitrogens with zero attached hydrogens (tertiary/aromatic N) is 2. The predicted octanol–water partition coefficient (Wildman–Crippen LogP) is 3.16. The highest BCUT2D eigenvalue weighted by atomic mass is 16.4. The minimum Gasteiger partial charge on any atom is -0.477 e. The van der Waals surface area contributed by atoms with Crippen molar-refractivity contribution in [3.05, 3.63) is 59.4 Å². The Morgan fingerprint density at radius 2 is 1.74 bits per heavy atom. The molecule has 1 N–H and O–H groups in total. The second kappa shape index (κ2) is 7.13. The fraction of sp³-hybridized carbons (Fsp3) is 0.333. The average Bonchev–Trinajstić information content (AvgIpc) is 2.94. The summed E-state index contributed by atoms with van der Waals surface area (Å²) in [6, 6.07) is 12.9. The second-order valence-corrected chi connectivity index (χ2v) is 5.64. The van der Waals surface area contributed by atoms with Gasteiger partial charge in [-0.3, -0.25) is 4.79 Å². The van der Waals surface area contributed by atoms with Crippen molar-refractivity contribution < 1.29 is 14.7 Å². The third-order valence-electron chi connectivity index (χ3n) is 4.14. The maximum Gasteiger partial charge on any atom is 0.352 e. The van der Waals surface area contributed by atoms with E-state index in [4.69, 9.17) is 5.11 Å². The van der Waals surface area contributed by atoms with E-state index in [2.05, 4.69) is 0 Å². The quantitative estimate of drug-likeness (QED) is 0.891. The molecule has 0 aliphatic rings. The second-order valence-electron chi connectivity index (χ2n) is 5.64. The number of amides is 1. The van der Waals surface area contributed by atoms with E-state index in [-0.39, 0.29) is 17.6 Å². The fourth-order valence-electron chi connectivity index (χ4n) is 2.52. The summed E-state index contributed by atoms with van der Waals surface area (Å²) in [5, 5.41) is 9.14. The zero-order chi connectivity index (χ0) is 17.0. The predicted molar refractivity (Wildman–Crippen MR) is 88.4 cm³/mol. The largest absolute Gasteiger partial charge is 0.477 e. The first kappa shape index (κ1) is 16.8. The summed E-state index contributed by atoms with van der Waals surface area (Å²) in [6.07, 6.45) is 0.828. The molecule has 0 fully saturated rings. The first-order valence-corrected chi connectivity index (χ1v) is 7.69. The van der Waals surface area contributed by atoms with Crippen molar-refractivity contribution in [1.82, 2.24) is 9.47 Å². The zero-order valence-electron chi connectivity index (χ0n) is 13.7. The summed E-state index contributed by atoms with van der Waals surface area (Å²) in [5.41, 5.74) is 1.55. The van der Waals surface area contributed by atoms with Gasteiger partial charge in [-0.15, -0.1) is 0 Å². The summed E-state index contributed by atoms with van der Waals surface area (Å²) in [5.74, 6) is -1.19. The molecule has 1 amide bonds. The SMILES string of the molecule is CCC(C)N(Cc1ccccc1)C(=O)c1ccc(C(=O)O)n1C. The van der Waals surface area contributed by atoms with E-state index in [1.54, 1.807) is 18.0 Å². The fourth-order valence-corrected chi connectivity index (χ4v) is 2.52. The Morgan fingerprint density at radius 1 is 1.13 bits per heavy atom. The van der Waals surface area contributed by atoms with E-state index >= 15 is 0 Å². The number of rotatable bonds is 6. The molecule has 0 bridgehead atoms. The molecule has 0 radical (unpaired) electrons. The smallest absolute Gasteiger partial charge is 0.352 e. The van der Waals surface area contributed by atoms with E-state index in [1.807, 2.05) is 44.2 Å². The molecular formula is C18H22N2O3. The number of aromatic carboxylic acids is 1. The van der Waals surface area contributed by atoms with Gasteiger partial charge in [0.1, 0.15) is 11.4 Å². The lowest BCUT2D eigenvalue weighted by Gasteiger charge is -2.29. The van der Waals surface area contributed by atoms with E-state index in [9.17, 15) is 9.59 Å². The van der Waals surface area contributed by atoms with Gasteiger partial charge in [0.25, 0.3) is 5.91 Å². The number of carbonyl (C=O) groups is 2. The van der Waals surface area contributed by atoms with Gasteiger partial charge < -0.3 is 14.6 Å². The van der Waals surface area contributed by atoms with Crippen LogP contribution in [0.1, 0.15) is 46.8 Å². The molecule has 5 heteroatoms. The van der Waals surface area contributed by atoms with Crippen LogP contribution in [-0.2, 0) is 13.6 Å². The molecule has 0 aliphatic carbocycles. The van der Waals surface area contributed by atoms with Gasteiger partial charge in [-0.2, -0.15) is 0 Å². The van der Waals surface area contributed by atoms with Crippen molar-refractivity contribution >= 4 is 11.9 Å². The van der Waals surface area contributed by atoms with Crippen LogP contribution in [0.2, 0.25) is 0 Å². The van der Waals surface area contributed by atoms with Crippen molar-refractivity contribution in [3.63, 3.8) is 0 Å². The monoisotopic (exact) mass is 314 g/mol. The van der Waals surface area contributed by atoms with E-state index in [0.717, 1.165) is 12.0 Å². The van der Waals surface area contributed by atoms with Gasteiger partial charge in [-0.05, 0) is 31.0 Å². The highest BCUT2D eigenvalue weighted by Crippen LogP contribution is 2.17. The molecule has 1 atom stereocenters. The van der Waals surface area contributed by atoms with Crippen molar-refractivity contribution in [2.75, 3.05) is 0 Å². The molecule has 1 unspecified atom stereocenters. The molecule has 2 rings (SSSR count). The standard InChI is InChI=1S/C18H22N2O3/c1-4-13(2)20(12-14-8-6-5-7-9-14)17(21)15-10-11-16(18(22)23)19(15)3/h5-11,13H,4,12H2,1-3H3,(H,22,23). The minimum atomic E-state index is -1.04. The van der Waals surface area contributed by atoms with Crippen molar-refractivity contribution in [3.8, 4) is 0 Å². The normalized spacial score (nSPS) is 12.0. The Balaban J connectivity index is 2.32. The number of carboxylic acids is 1. The number of aromatic nitrogens is 1. The molecule has 2 aromatic rings. The van der Waals surface area contributed by atoms with Crippen LogP contribution < -0.4 is 0 Å². The third-order valence-corrected chi connectivity index (χ3v) is 4.14. The lowest BCUT2D eigenvalue weighted by Crippen LogP contribution is -2.38. The molecule has 23 heavy (non-hydrogen) atoms. The topological polar surface area (TPSA) is 62.5 Å². The van der Waals surface area contributed by atoms with E-state index < -0.39 is 5.97 Å². The van der Waals surface area contributed by atoms with Gasteiger partial charge >= 0.3 is 5.97 Å². The van der Waals surface area contributed by atoms with Gasteiger partial charge in [0, 0.05) is 19.6 Å². The number of carbonyl (C=O) groups excluding carboxylic acids is 1. The van der Waals surface area contributed by atoms with Gasteiger partial charge in [0.05, 0.1) is 0 Å². The third kappa shape index (κ3) is 3.62. The zero-order valence-corrected chi connectivity index (χ0v) is 13.7. The van der Waals surface area contributed by atoms with Gasteiger partial charge in [-0.25, -0.2) is 4.79 Å². The van der Waals surface area contributed by atoms with Gasteiger partial charge in [-0.1, -0.05) is 37.3 Å². The summed E-state index contributed by atoms with van der Waals surface area (Å²) in [6.45, 7) is 4.54. The van der Waals surface area contributed by atoms with Crippen LogP contribution in [0, 0.1) is 0 Å². The summed E-state index contributed by atoms with van der Waals surface area (Å²) >= 11 is 0. The average molecular weight is 314 g/mol. The molecule has 0 saturated carbocycles. The number of hydrogen-bond acceptors (Lipinski definition) is 2. The molecule has 0 aliphatic heterocycles. The number of carboxylic acid groups (broad SMARTS) is 1. The van der Waals surface area contributed by atoms with Crippen LogP contribution in [0.25, 0.3) is 0 Å². The molecular weight excluding hydrogens is 292 g/mol. The highest BCUT2D eigenvalue weighted by Gasteiger charge is 2.24. The molecule has 1 heterocycles. The maximum absolute atomic E-state index is 12.9. The first-order valence-electron chi connectivity index (χ1n) is 7.69. The summed E-state index contributed by atoms with van der Waals surface area (Å²) < 4.78 is 1.44. The van der Waals surface area contributed by atoms with Crippen LogP contribution >= 0.6 is 0 Å². The molecule has 1 aromatic carbocycles. The Hall–Kier alpha value is -2.56. The Morgan fingerprint density at radius 3 is 2.26 bits per heavy atom. The number of hydrogen-bond donors (Lipinski definition) is 1. The Bertz CT molecular complexity index is 692. The maximum atomic E-state index is 12.9. The Labute approximate surface area is 136 Å². The summed E-state index contributed by atoms with van der Waals surface area (Å²) in [7, 11) is 1.61. The molecule has 1 aromatic heterocycles. The summed E-state index contributed by atoms with van der Waals surface area (Å²) in [4.78, 5) is 25.9. The minimum absolute atomic E-state index is 0.0610. The molecule has 122 valence electrons. The highest BCUT2D eigenvalue weighted by molar-refractivity contribution is 5.96. The van der Waals surface area contributed by atoms with Crippen LogP contribution in [0.15, 0.2) is 42.5 Å². The van der Waals surface area contributed by atoms with E-state index in [0.29, 0.717) is 12.2 Å². The van der Waals surface area contributed by atoms with Crippen LogP contribution in [-0.4, -0.2) is 32.5 Å². The van der Waals surface area contributed by atoms with Gasteiger partial charge in [0.15, 0.2) is 0 Å². The van der Waals surface area contributed by atoms with Crippen molar-refractivity contribution in [1.29, 1.82) is 0 Å². The van der Waals surface area contributed by atoms with E-state index in [1.165, 1.54) is 10.6 Å². The Kier molecular flexibility index (Phi) is 5.21. The lowest BCUT2D eigenvalue weighted by atomic mass is 10.1. The van der Waals surface area contributed by atoms with Gasteiger partial charge in [0.2, 0.25) is 0 Å². The van der Waals surface area contributed by atoms with Crippen LogP contribution in [0.4, 0.5) is 0 Å². The molecule has 0 saturated heterocycles. The van der Waals surface area contributed by atoms with Crippen LogP contribution in [0.3, 0.4) is 0 Å².